The van der Waals surface area contributed by atoms with Gasteiger partial charge in [0.05, 0.1) is 12.5 Å². The summed E-state index contributed by atoms with van der Waals surface area (Å²) in [4.78, 5) is 13.6. The molecule has 0 spiro atoms. The van der Waals surface area contributed by atoms with Crippen molar-refractivity contribution in [3.63, 3.8) is 0 Å². The molecule has 70 valence electrons. The maximum atomic E-state index is 11.4. The third kappa shape index (κ3) is 1.33. The van der Waals surface area contributed by atoms with Crippen LogP contribution in [0.2, 0.25) is 0 Å². The van der Waals surface area contributed by atoms with Crippen LogP contribution < -0.4 is 0 Å². The van der Waals surface area contributed by atoms with Crippen LogP contribution in [0.1, 0.15) is 13.8 Å². The van der Waals surface area contributed by atoms with Gasteiger partial charge in [0.2, 0.25) is 0 Å². The van der Waals surface area contributed by atoms with Gasteiger partial charge in [-0.15, -0.1) is 0 Å². The van der Waals surface area contributed by atoms with Crippen molar-refractivity contribution in [1.29, 1.82) is 0 Å². The Morgan fingerprint density at radius 1 is 1.67 bits per heavy atom. The summed E-state index contributed by atoms with van der Waals surface area (Å²) in [7, 11) is 3.49. The summed E-state index contributed by atoms with van der Waals surface area (Å²) in [6, 6.07) is 0. The van der Waals surface area contributed by atoms with Gasteiger partial charge in [0.1, 0.15) is 0 Å². The molecule has 0 aromatic carbocycles. The van der Waals surface area contributed by atoms with Gasteiger partial charge in [0.25, 0.3) is 0 Å². The summed E-state index contributed by atoms with van der Waals surface area (Å²) in [6.07, 6.45) is 0. The molecule has 0 N–H and O–H groups in total. The number of esters is 1. The van der Waals surface area contributed by atoms with Crippen molar-refractivity contribution in [3.8, 4) is 0 Å². The van der Waals surface area contributed by atoms with Gasteiger partial charge in [0, 0.05) is 13.1 Å². The predicted molar refractivity (Wildman–Crippen MR) is 46.8 cm³/mol. The van der Waals surface area contributed by atoms with Crippen molar-refractivity contribution in [3.05, 3.63) is 0 Å². The molecule has 0 aromatic heterocycles. The Hall–Kier alpha value is -0.570. The summed E-state index contributed by atoms with van der Waals surface area (Å²) in [6.45, 7) is 5.86. The van der Waals surface area contributed by atoms with Crippen molar-refractivity contribution in [2.75, 3.05) is 27.2 Å². The second-order valence-electron chi connectivity index (χ2n) is 4.01. The number of rotatable bonds is 1. The predicted octanol–water partition coefficient (Wildman–Crippen LogP) is 0.747. The molecule has 0 radical (unpaired) electrons. The normalized spacial score (nSPS) is 36.8. The lowest BCUT2D eigenvalue weighted by Crippen LogP contribution is -2.35. The van der Waals surface area contributed by atoms with Gasteiger partial charge in [-0.05, 0) is 19.9 Å². The number of methoxy groups -OCH3 is 1. The second-order valence-corrected chi connectivity index (χ2v) is 4.01. The van der Waals surface area contributed by atoms with Gasteiger partial charge in [-0.1, -0.05) is 6.92 Å². The molecule has 0 amide bonds. The minimum absolute atomic E-state index is 0.0839. The maximum Gasteiger partial charge on any atom is 0.313 e. The quantitative estimate of drug-likeness (QED) is 0.545. The lowest BCUT2D eigenvalue weighted by Gasteiger charge is -2.24. The van der Waals surface area contributed by atoms with Crippen LogP contribution in [-0.2, 0) is 9.53 Å². The monoisotopic (exact) mass is 171 g/mol. The Kier molecular flexibility index (Phi) is 2.42. The molecule has 0 aromatic rings. The molecule has 3 heteroatoms. The number of hydrogen-bond acceptors (Lipinski definition) is 3. The number of carbonyl (C=O) groups excluding carboxylic acids is 1. The van der Waals surface area contributed by atoms with Gasteiger partial charge in [-0.3, -0.25) is 4.79 Å². The van der Waals surface area contributed by atoms with Crippen LogP contribution in [0.15, 0.2) is 0 Å². The van der Waals surface area contributed by atoms with Gasteiger partial charge < -0.3 is 9.64 Å². The third-order valence-corrected chi connectivity index (χ3v) is 2.92. The highest BCUT2D eigenvalue weighted by Crippen LogP contribution is 2.35. The van der Waals surface area contributed by atoms with Gasteiger partial charge in [-0.2, -0.15) is 0 Å². The van der Waals surface area contributed by atoms with Crippen molar-refractivity contribution < 1.29 is 9.53 Å². The minimum Gasteiger partial charge on any atom is -0.469 e. The van der Waals surface area contributed by atoms with E-state index in [-0.39, 0.29) is 11.4 Å². The maximum absolute atomic E-state index is 11.4. The van der Waals surface area contributed by atoms with E-state index in [4.69, 9.17) is 4.74 Å². The molecule has 12 heavy (non-hydrogen) atoms. The highest BCUT2D eigenvalue weighted by molar-refractivity contribution is 5.77. The second kappa shape index (κ2) is 3.05. The van der Waals surface area contributed by atoms with E-state index in [1.165, 1.54) is 7.11 Å². The van der Waals surface area contributed by atoms with Crippen molar-refractivity contribution in [2.24, 2.45) is 11.3 Å². The zero-order valence-electron chi connectivity index (χ0n) is 8.26. The SMILES string of the molecule is COC(=O)[C@]1(C)CN(C)C[C@@H]1C. The van der Waals surface area contributed by atoms with Crippen molar-refractivity contribution in [2.45, 2.75) is 13.8 Å². The molecule has 2 atom stereocenters. The number of nitrogens with zero attached hydrogens (tertiary/aromatic N) is 1. The molecule has 0 unspecified atom stereocenters. The smallest absolute Gasteiger partial charge is 0.313 e. The minimum atomic E-state index is -0.302. The van der Waals surface area contributed by atoms with E-state index in [9.17, 15) is 4.79 Å². The lowest BCUT2D eigenvalue weighted by molar-refractivity contribution is -0.152. The summed E-state index contributed by atoms with van der Waals surface area (Å²) in [5, 5.41) is 0. The summed E-state index contributed by atoms with van der Waals surface area (Å²) in [5.74, 6) is 0.300. The molecular formula is C9H17NO2. The first-order chi connectivity index (χ1) is 5.50. The molecule has 1 fully saturated rings. The molecule has 1 rings (SSSR count). The van der Waals surface area contributed by atoms with Crippen LogP contribution >= 0.6 is 0 Å². The molecule has 3 nitrogen and oxygen atoms in total. The first kappa shape index (κ1) is 9.52. The van der Waals surface area contributed by atoms with Crippen LogP contribution in [0.5, 0.6) is 0 Å². The Morgan fingerprint density at radius 2 is 2.25 bits per heavy atom. The topological polar surface area (TPSA) is 29.5 Å². The standard InChI is InChI=1S/C9H17NO2/c1-7-5-10(3)6-9(7,2)8(11)12-4/h7H,5-6H2,1-4H3/t7-,9+/m0/s1. The average Bonchev–Trinajstić information content (AvgIpc) is 2.26. The third-order valence-electron chi connectivity index (χ3n) is 2.92. The van der Waals surface area contributed by atoms with Crippen LogP contribution in [0, 0.1) is 11.3 Å². The van der Waals surface area contributed by atoms with Gasteiger partial charge in [0.15, 0.2) is 0 Å². The Bertz CT molecular complexity index is 193. The van der Waals surface area contributed by atoms with Crippen LogP contribution in [-0.4, -0.2) is 38.1 Å². The van der Waals surface area contributed by atoms with Crippen molar-refractivity contribution in [1.82, 2.24) is 4.90 Å². The summed E-state index contributed by atoms with van der Waals surface area (Å²) < 4.78 is 4.79. The fourth-order valence-electron chi connectivity index (χ4n) is 1.95. The Balaban J connectivity index is 2.77. The largest absolute Gasteiger partial charge is 0.469 e. The number of hydrogen-bond donors (Lipinski definition) is 0. The Labute approximate surface area is 73.7 Å². The molecular weight excluding hydrogens is 154 g/mol. The zero-order valence-corrected chi connectivity index (χ0v) is 8.26. The van der Waals surface area contributed by atoms with E-state index < -0.39 is 0 Å². The fraction of sp³-hybridized carbons (Fsp3) is 0.889. The van der Waals surface area contributed by atoms with E-state index in [1.807, 2.05) is 14.0 Å². The number of likely N-dealkylation sites (tertiary alicyclic amines) is 1. The molecule has 0 saturated carbocycles. The van der Waals surface area contributed by atoms with E-state index in [2.05, 4.69) is 11.8 Å². The van der Waals surface area contributed by atoms with Gasteiger partial charge in [-0.25, -0.2) is 0 Å². The first-order valence-corrected chi connectivity index (χ1v) is 4.27. The first-order valence-electron chi connectivity index (χ1n) is 4.27. The Morgan fingerprint density at radius 3 is 2.58 bits per heavy atom. The fourth-order valence-corrected chi connectivity index (χ4v) is 1.95. The molecule has 1 aliphatic rings. The summed E-state index contributed by atoms with van der Waals surface area (Å²) in [5.41, 5.74) is -0.302. The molecule has 1 aliphatic heterocycles. The highest BCUT2D eigenvalue weighted by atomic mass is 16.5. The number of carbonyl (C=O) groups is 1. The molecule has 0 bridgehead atoms. The molecule has 1 saturated heterocycles. The van der Waals surface area contributed by atoms with E-state index in [1.54, 1.807) is 0 Å². The average molecular weight is 171 g/mol. The van der Waals surface area contributed by atoms with E-state index >= 15 is 0 Å². The molecule has 0 aliphatic carbocycles. The highest BCUT2D eigenvalue weighted by Gasteiger charge is 2.45. The lowest BCUT2D eigenvalue weighted by atomic mass is 9.81. The van der Waals surface area contributed by atoms with E-state index in [0.29, 0.717) is 5.92 Å². The van der Waals surface area contributed by atoms with Crippen LogP contribution in [0.3, 0.4) is 0 Å². The zero-order chi connectivity index (χ0) is 9.35. The van der Waals surface area contributed by atoms with Gasteiger partial charge >= 0.3 is 5.97 Å². The van der Waals surface area contributed by atoms with Crippen LogP contribution in [0.4, 0.5) is 0 Å². The number of ether oxygens (including phenoxy) is 1. The van der Waals surface area contributed by atoms with Crippen LogP contribution in [0.25, 0.3) is 0 Å². The van der Waals surface area contributed by atoms with E-state index in [0.717, 1.165) is 13.1 Å². The summed E-state index contributed by atoms with van der Waals surface area (Å²) >= 11 is 0. The molecule has 1 heterocycles. The van der Waals surface area contributed by atoms with Crippen molar-refractivity contribution >= 4 is 5.97 Å².